The predicted molar refractivity (Wildman–Crippen MR) is 114 cm³/mol. The second kappa shape index (κ2) is 8.45. The Morgan fingerprint density at radius 3 is 2.43 bits per heavy atom. The molecule has 0 saturated carbocycles. The molecule has 3 rings (SSSR count). The minimum atomic E-state index is -4.02. The van der Waals surface area contributed by atoms with Crippen molar-refractivity contribution >= 4 is 31.6 Å². The molecule has 9 nitrogen and oxygen atoms in total. The van der Waals surface area contributed by atoms with Gasteiger partial charge in [-0.2, -0.15) is 0 Å². The van der Waals surface area contributed by atoms with E-state index in [0.29, 0.717) is 4.31 Å². The number of rotatable bonds is 8. The van der Waals surface area contributed by atoms with Crippen LogP contribution in [0.15, 0.2) is 23.1 Å². The van der Waals surface area contributed by atoms with Gasteiger partial charge in [-0.05, 0) is 64.9 Å². The van der Waals surface area contributed by atoms with Crippen LogP contribution in [-0.4, -0.2) is 65.2 Å². The summed E-state index contributed by atoms with van der Waals surface area (Å²) in [7, 11) is -7.82. The van der Waals surface area contributed by atoms with Crippen LogP contribution in [0, 0.1) is 0 Å². The highest BCUT2D eigenvalue weighted by Gasteiger charge is 2.37. The lowest BCUT2D eigenvalue weighted by atomic mass is 10.0. The lowest BCUT2D eigenvalue weighted by Gasteiger charge is -2.35. The Labute approximate surface area is 178 Å². The van der Waals surface area contributed by atoms with Crippen LogP contribution in [0.1, 0.15) is 40.0 Å². The lowest BCUT2D eigenvalue weighted by molar-refractivity contribution is -0.116. The number of nitrogens with one attached hydrogen (secondary N) is 1. The molecule has 0 aliphatic carbocycles. The standard InChI is InChI=1S/C19H29N3O6S2/c1-4-28-16-8-7-15(22-18(23)9-12-29(22,24)25)13-17(16)30(26,27)20-14-19(2,3)21-10-5-6-11-21/h7-8,13,20H,4-6,9-12,14H2,1-3H3. The quantitative estimate of drug-likeness (QED) is 0.623. The summed E-state index contributed by atoms with van der Waals surface area (Å²) in [5.41, 5.74) is -0.374. The smallest absolute Gasteiger partial charge is 0.244 e. The fraction of sp³-hybridized carbons (Fsp3) is 0.632. The highest BCUT2D eigenvalue weighted by molar-refractivity contribution is 7.94. The summed E-state index contributed by atoms with van der Waals surface area (Å²) in [5.74, 6) is -0.758. The number of sulfonamides is 2. The van der Waals surface area contributed by atoms with Gasteiger partial charge in [0.15, 0.2) is 0 Å². The number of anilines is 1. The van der Waals surface area contributed by atoms with E-state index in [-0.39, 0.29) is 47.2 Å². The zero-order valence-corrected chi connectivity index (χ0v) is 19.2. The third kappa shape index (κ3) is 4.63. The van der Waals surface area contributed by atoms with E-state index in [1.54, 1.807) is 6.92 Å². The van der Waals surface area contributed by atoms with Gasteiger partial charge >= 0.3 is 0 Å². The molecule has 2 saturated heterocycles. The molecule has 0 unspecified atom stereocenters. The summed E-state index contributed by atoms with van der Waals surface area (Å²) in [4.78, 5) is 14.2. The molecule has 2 heterocycles. The van der Waals surface area contributed by atoms with Crippen LogP contribution in [0.25, 0.3) is 0 Å². The molecule has 1 aromatic carbocycles. The normalized spacial score (nSPS) is 20.1. The summed E-state index contributed by atoms with van der Waals surface area (Å²) >= 11 is 0. The molecule has 1 amide bonds. The first-order valence-corrected chi connectivity index (χ1v) is 13.1. The molecule has 2 aliphatic heterocycles. The molecular weight excluding hydrogens is 430 g/mol. The van der Waals surface area contributed by atoms with E-state index < -0.39 is 26.0 Å². The van der Waals surface area contributed by atoms with Gasteiger partial charge in [0.05, 0.1) is 18.0 Å². The first-order chi connectivity index (χ1) is 14.0. The molecule has 1 N–H and O–H groups in total. The van der Waals surface area contributed by atoms with Crippen molar-refractivity contribution in [3.63, 3.8) is 0 Å². The molecule has 1 aromatic rings. The van der Waals surface area contributed by atoms with Crippen LogP contribution in [0.4, 0.5) is 5.69 Å². The van der Waals surface area contributed by atoms with E-state index in [1.807, 2.05) is 13.8 Å². The van der Waals surface area contributed by atoms with Crippen LogP contribution >= 0.6 is 0 Å². The topological polar surface area (TPSA) is 113 Å². The predicted octanol–water partition coefficient (Wildman–Crippen LogP) is 1.30. The van der Waals surface area contributed by atoms with Gasteiger partial charge in [-0.3, -0.25) is 9.69 Å². The molecule has 2 fully saturated rings. The van der Waals surface area contributed by atoms with Gasteiger partial charge in [-0.15, -0.1) is 0 Å². The highest BCUT2D eigenvalue weighted by atomic mass is 32.2. The molecule has 0 spiro atoms. The third-order valence-electron chi connectivity index (χ3n) is 5.49. The maximum Gasteiger partial charge on any atom is 0.244 e. The molecule has 0 radical (unpaired) electrons. The van der Waals surface area contributed by atoms with Crippen molar-refractivity contribution in [2.45, 2.75) is 50.5 Å². The fourth-order valence-corrected chi connectivity index (χ4v) is 6.58. The number of carbonyl (C=O) groups excluding carboxylic acids is 1. The van der Waals surface area contributed by atoms with Crippen LogP contribution < -0.4 is 13.8 Å². The second-order valence-corrected chi connectivity index (χ2v) is 11.8. The number of likely N-dealkylation sites (tertiary alicyclic amines) is 1. The summed E-state index contributed by atoms with van der Waals surface area (Å²) in [5, 5.41) is 0. The van der Waals surface area contributed by atoms with E-state index in [1.165, 1.54) is 18.2 Å². The summed E-state index contributed by atoms with van der Waals surface area (Å²) in [6.07, 6.45) is 2.05. The number of carbonyl (C=O) groups is 1. The zero-order chi connectivity index (χ0) is 22.2. The molecule has 2 aliphatic rings. The number of hydrogen-bond acceptors (Lipinski definition) is 7. The van der Waals surface area contributed by atoms with Crippen molar-refractivity contribution in [1.82, 2.24) is 9.62 Å². The van der Waals surface area contributed by atoms with Gasteiger partial charge in [0.1, 0.15) is 10.6 Å². The largest absolute Gasteiger partial charge is 0.492 e. The lowest BCUT2D eigenvalue weighted by Crippen LogP contribution is -2.50. The monoisotopic (exact) mass is 459 g/mol. The van der Waals surface area contributed by atoms with E-state index >= 15 is 0 Å². The SMILES string of the molecule is CCOc1ccc(N2C(=O)CCS2(=O)=O)cc1S(=O)(=O)NCC(C)(C)N1CCCC1. The highest BCUT2D eigenvalue weighted by Crippen LogP contribution is 2.33. The molecule has 0 bridgehead atoms. The number of hydrogen-bond donors (Lipinski definition) is 1. The summed E-state index contributed by atoms with van der Waals surface area (Å²) < 4.78 is 59.6. The maximum absolute atomic E-state index is 13.1. The summed E-state index contributed by atoms with van der Waals surface area (Å²) in [6.45, 7) is 7.95. The first-order valence-electron chi connectivity index (χ1n) is 10.1. The van der Waals surface area contributed by atoms with Gasteiger partial charge in [0.25, 0.3) is 0 Å². The van der Waals surface area contributed by atoms with Gasteiger partial charge in [-0.25, -0.2) is 25.9 Å². The second-order valence-electron chi connectivity index (χ2n) is 8.12. The van der Waals surface area contributed by atoms with E-state index in [2.05, 4.69) is 9.62 Å². The van der Waals surface area contributed by atoms with Crippen LogP contribution in [-0.2, 0) is 24.8 Å². The van der Waals surface area contributed by atoms with Crippen molar-refractivity contribution in [2.24, 2.45) is 0 Å². The first kappa shape index (κ1) is 23.0. The molecule has 11 heteroatoms. The number of ether oxygens (including phenoxy) is 1. The van der Waals surface area contributed by atoms with Gasteiger partial charge in [0.2, 0.25) is 26.0 Å². The molecule has 0 atom stereocenters. The number of nitrogens with zero attached hydrogens (tertiary/aromatic N) is 2. The zero-order valence-electron chi connectivity index (χ0n) is 17.5. The van der Waals surface area contributed by atoms with Crippen molar-refractivity contribution in [2.75, 3.05) is 36.3 Å². The van der Waals surface area contributed by atoms with Gasteiger partial charge < -0.3 is 4.74 Å². The van der Waals surface area contributed by atoms with E-state index in [9.17, 15) is 21.6 Å². The van der Waals surface area contributed by atoms with Gasteiger partial charge in [0, 0.05) is 18.5 Å². The van der Waals surface area contributed by atoms with E-state index in [4.69, 9.17) is 4.74 Å². The Balaban J connectivity index is 1.92. The third-order valence-corrected chi connectivity index (χ3v) is 8.60. The van der Waals surface area contributed by atoms with Crippen molar-refractivity contribution in [3.05, 3.63) is 18.2 Å². The van der Waals surface area contributed by atoms with Crippen LogP contribution in [0.3, 0.4) is 0 Å². The Kier molecular flexibility index (Phi) is 6.47. The minimum absolute atomic E-state index is 0.000121. The number of amides is 1. The number of benzene rings is 1. The van der Waals surface area contributed by atoms with Gasteiger partial charge in [-0.1, -0.05) is 0 Å². The Morgan fingerprint density at radius 2 is 1.87 bits per heavy atom. The minimum Gasteiger partial charge on any atom is -0.492 e. The Bertz CT molecular complexity index is 1010. The molecular formula is C19H29N3O6S2. The maximum atomic E-state index is 13.1. The average molecular weight is 460 g/mol. The average Bonchev–Trinajstić information content (AvgIpc) is 3.30. The summed E-state index contributed by atoms with van der Waals surface area (Å²) in [6, 6.07) is 3.97. The molecule has 168 valence electrons. The van der Waals surface area contributed by atoms with Crippen LogP contribution in [0.2, 0.25) is 0 Å². The molecule has 30 heavy (non-hydrogen) atoms. The van der Waals surface area contributed by atoms with Crippen molar-refractivity contribution in [1.29, 1.82) is 0 Å². The van der Waals surface area contributed by atoms with Crippen molar-refractivity contribution < 1.29 is 26.4 Å². The Morgan fingerprint density at radius 1 is 1.20 bits per heavy atom. The van der Waals surface area contributed by atoms with Crippen molar-refractivity contribution in [3.8, 4) is 5.75 Å². The molecule has 0 aromatic heterocycles. The van der Waals surface area contributed by atoms with Crippen LogP contribution in [0.5, 0.6) is 5.75 Å². The van der Waals surface area contributed by atoms with E-state index in [0.717, 1.165) is 25.9 Å². The fourth-order valence-electron chi connectivity index (χ4n) is 3.76. The Hall–Kier alpha value is -1.69.